The van der Waals surface area contributed by atoms with Crippen molar-refractivity contribution in [3.63, 3.8) is 0 Å². The Morgan fingerprint density at radius 3 is 2.31 bits per heavy atom. The lowest BCUT2D eigenvalue weighted by atomic mass is 9.85. The van der Waals surface area contributed by atoms with Gasteiger partial charge in [-0.25, -0.2) is 9.97 Å². The first-order valence-electron chi connectivity index (χ1n) is 23.2. The number of ether oxygens (including phenoxy) is 4. The van der Waals surface area contributed by atoms with E-state index in [0.717, 1.165) is 71.0 Å². The van der Waals surface area contributed by atoms with Gasteiger partial charge in [-0.15, -0.1) is 11.3 Å². The number of aromatic nitrogens is 4. The lowest BCUT2D eigenvalue weighted by Crippen LogP contribution is -2.59. The van der Waals surface area contributed by atoms with Crippen molar-refractivity contribution >= 4 is 34.6 Å². The summed E-state index contributed by atoms with van der Waals surface area (Å²) in [7, 11) is 0. The number of carbonyl (C=O) groups excluding carboxylic acids is 2. The third-order valence-corrected chi connectivity index (χ3v) is 12.9. The largest absolute Gasteiger partial charge is 0.392 e. The van der Waals surface area contributed by atoms with Crippen molar-refractivity contribution in [3.05, 3.63) is 65.1 Å². The smallest absolute Gasteiger partial charge is 0.237 e. The molecule has 1 unspecified atom stereocenters. The Labute approximate surface area is 387 Å². The van der Waals surface area contributed by atoms with Crippen molar-refractivity contribution in [2.45, 2.75) is 123 Å². The molecule has 0 radical (unpaired) electrons. The molecular weight excluding hydrogens is 851 g/mol. The summed E-state index contributed by atoms with van der Waals surface area (Å²) < 4.78 is 24.5. The summed E-state index contributed by atoms with van der Waals surface area (Å²) in [5.74, 6) is 0.712. The van der Waals surface area contributed by atoms with E-state index in [9.17, 15) is 19.8 Å². The molecule has 4 aromatic rings. The first-order valence-corrected chi connectivity index (χ1v) is 24.1. The van der Waals surface area contributed by atoms with E-state index in [0.29, 0.717) is 72.4 Å². The molecule has 65 heavy (non-hydrogen) atoms. The molecule has 1 saturated carbocycles. The highest BCUT2D eigenvalue weighted by Gasteiger charge is 2.44. The van der Waals surface area contributed by atoms with Gasteiger partial charge in [-0.1, -0.05) is 58.4 Å². The van der Waals surface area contributed by atoms with Crippen molar-refractivity contribution in [2.75, 3.05) is 71.3 Å². The number of aliphatic hydroxyl groups excluding tert-OH is 2. The first-order chi connectivity index (χ1) is 31.4. The molecule has 1 aromatic carbocycles. The van der Waals surface area contributed by atoms with Gasteiger partial charge in [-0.3, -0.25) is 14.5 Å². The van der Waals surface area contributed by atoms with Crippen molar-refractivity contribution in [1.29, 1.82) is 0 Å². The fourth-order valence-electron chi connectivity index (χ4n) is 8.52. The van der Waals surface area contributed by atoms with Crippen LogP contribution in [0, 0.1) is 12.3 Å². The summed E-state index contributed by atoms with van der Waals surface area (Å²) in [6, 6.07) is 11.4. The van der Waals surface area contributed by atoms with E-state index in [1.54, 1.807) is 22.4 Å². The highest BCUT2D eigenvalue weighted by molar-refractivity contribution is 7.13. The van der Waals surface area contributed by atoms with E-state index in [1.165, 1.54) is 0 Å². The third-order valence-electron chi connectivity index (χ3n) is 11.9. The zero-order valence-electron chi connectivity index (χ0n) is 38.8. The van der Waals surface area contributed by atoms with Crippen LogP contribution in [0.4, 0.5) is 5.82 Å². The summed E-state index contributed by atoms with van der Waals surface area (Å²) in [6.07, 6.45) is 5.28. The number of aliphatic hydroxyl groups is 2. The number of β-amino-alcohol motifs (C(OH)–C–C–N with tert-alkyl or cyclic N) is 1. The molecule has 358 valence electrons. The van der Waals surface area contributed by atoms with Crippen LogP contribution in [0.1, 0.15) is 83.2 Å². The third kappa shape index (κ3) is 15.2. The first kappa shape index (κ1) is 50.3. The number of nitrogens with zero attached hydrogens (tertiary/aromatic N) is 5. The lowest BCUT2D eigenvalue weighted by molar-refractivity contribution is -0.132. The Balaban J connectivity index is 0.769. The number of aryl methyl sites for hydroxylation is 2. The van der Waals surface area contributed by atoms with Crippen LogP contribution in [0.5, 0.6) is 0 Å². The van der Waals surface area contributed by atoms with Gasteiger partial charge < -0.3 is 50.4 Å². The van der Waals surface area contributed by atoms with E-state index in [1.807, 2.05) is 68.1 Å². The fourth-order valence-corrected chi connectivity index (χ4v) is 9.33. The van der Waals surface area contributed by atoms with Crippen LogP contribution in [-0.2, 0) is 41.5 Å². The monoisotopic (exact) mass is 922 g/mol. The Kier molecular flexibility index (Phi) is 19.5. The van der Waals surface area contributed by atoms with Crippen molar-refractivity contribution in [2.24, 2.45) is 5.41 Å². The van der Waals surface area contributed by atoms with Crippen molar-refractivity contribution < 1.29 is 38.7 Å². The molecule has 0 spiro atoms. The maximum atomic E-state index is 13.4. The van der Waals surface area contributed by atoms with Gasteiger partial charge >= 0.3 is 0 Å². The lowest BCUT2D eigenvalue weighted by Gasteiger charge is -2.41. The Morgan fingerprint density at radius 1 is 0.938 bits per heavy atom. The van der Waals surface area contributed by atoms with Crippen LogP contribution in [-0.4, -0.2) is 149 Å². The molecule has 17 nitrogen and oxygen atoms in total. The van der Waals surface area contributed by atoms with Gasteiger partial charge in [0.15, 0.2) is 5.65 Å². The highest BCUT2D eigenvalue weighted by Crippen LogP contribution is 2.30. The summed E-state index contributed by atoms with van der Waals surface area (Å²) in [5, 5.41) is 39.9. The number of likely N-dealkylation sites (tertiary alicyclic amines) is 1. The van der Waals surface area contributed by atoms with E-state index in [-0.39, 0.29) is 42.3 Å². The predicted molar refractivity (Wildman–Crippen MR) is 251 cm³/mol. The van der Waals surface area contributed by atoms with Gasteiger partial charge in [0.2, 0.25) is 11.8 Å². The Bertz CT molecular complexity index is 2060. The number of rotatable bonds is 27. The number of thiazole rings is 1. The van der Waals surface area contributed by atoms with Gasteiger partial charge in [0.25, 0.3) is 0 Å². The molecule has 2 fully saturated rings. The number of nitrogens with one attached hydrogen (secondary N) is 4. The second kappa shape index (κ2) is 25.1. The summed E-state index contributed by atoms with van der Waals surface area (Å²) >= 11 is 1.60. The fraction of sp³-hybridized carbons (Fsp3) is 0.638. The van der Waals surface area contributed by atoms with Crippen LogP contribution in [0.15, 0.2) is 48.1 Å². The van der Waals surface area contributed by atoms with E-state index in [2.05, 4.69) is 49.3 Å². The molecule has 2 aliphatic rings. The zero-order valence-corrected chi connectivity index (χ0v) is 39.6. The summed E-state index contributed by atoms with van der Waals surface area (Å²) in [6.45, 7) is 14.5. The molecule has 6 N–H and O–H groups in total. The van der Waals surface area contributed by atoms with Crippen LogP contribution in [0.2, 0.25) is 0 Å². The van der Waals surface area contributed by atoms with Gasteiger partial charge in [0.05, 0.1) is 93.3 Å². The number of benzene rings is 1. The van der Waals surface area contributed by atoms with Crippen LogP contribution in [0.3, 0.4) is 0 Å². The number of amides is 2. The van der Waals surface area contributed by atoms with Crippen LogP contribution >= 0.6 is 11.3 Å². The van der Waals surface area contributed by atoms with Crippen molar-refractivity contribution in [1.82, 2.24) is 40.4 Å². The number of hydrogen-bond donors (Lipinski definition) is 6. The summed E-state index contributed by atoms with van der Waals surface area (Å²) in [5.41, 5.74) is 6.41. The van der Waals surface area contributed by atoms with E-state index >= 15 is 0 Å². The quantitative estimate of drug-likeness (QED) is 0.0467. The van der Waals surface area contributed by atoms with Gasteiger partial charge in [-0.05, 0) is 55.6 Å². The topological polar surface area (TPSA) is 206 Å². The predicted octanol–water partition coefficient (Wildman–Crippen LogP) is 4.09. The van der Waals surface area contributed by atoms with Crippen LogP contribution in [0.25, 0.3) is 16.1 Å². The molecule has 1 aliphatic heterocycles. The SMILES string of the molecule is CCCc1cc(N[C@@H]2CC[C@@H](NC(=O)CCOCCOCCOCCOCCN[C@H](C(O)N3C[C@H](O)C[C@H]3C(=O)NCc3ccc(-c4scnc4C)cc3)C(C)(C)C)C2)n2nccc2n1. The maximum absolute atomic E-state index is 13.4. The van der Waals surface area contributed by atoms with E-state index in [4.69, 9.17) is 18.9 Å². The molecule has 4 heterocycles. The molecule has 1 aliphatic carbocycles. The average Bonchev–Trinajstić information content (AvgIpc) is 4.11. The number of anilines is 1. The number of carbonyl (C=O) groups is 2. The van der Waals surface area contributed by atoms with Gasteiger partial charge in [0.1, 0.15) is 12.0 Å². The summed E-state index contributed by atoms with van der Waals surface area (Å²) in [4.78, 5) is 37.9. The number of hydrogen-bond acceptors (Lipinski definition) is 15. The minimum absolute atomic E-state index is 0.00629. The second-order valence-corrected chi connectivity index (χ2v) is 19.0. The molecule has 18 heteroatoms. The van der Waals surface area contributed by atoms with Gasteiger partial charge in [-0.2, -0.15) is 9.61 Å². The molecule has 0 bridgehead atoms. The highest BCUT2D eigenvalue weighted by atomic mass is 32.1. The normalized spacial score (nSPS) is 20.0. The molecule has 2 amide bonds. The Hall–Kier alpha value is -4.11. The molecule has 6 rings (SSSR count). The second-order valence-electron chi connectivity index (χ2n) is 18.1. The average molecular weight is 922 g/mol. The zero-order chi connectivity index (χ0) is 46.2. The molecule has 6 atom stereocenters. The Morgan fingerprint density at radius 2 is 1.63 bits per heavy atom. The van der Waals surface area contributed by atoms with Crippen LogP contribution < -0.4 is 21.3 Å². The maximum Gasteiger partial charge on any atom is 0.237 e. The standard InChI is InChI=1S/C47H71N9O8S/c1-6-7-35-27-41(56-40(52-35)14-16-51-56)53-36-12-13-37(26-36)54-42(58)15-18-61-20-22-63-24-25-64-23-21-62-19-17-48-44(47(3,4)5)46(60)55-30-38(57)28-39(55)45(59)49-29-33-8-10-34(11-9-33)43-32(2)50-31-65-43/h8-11,14,16,27,31,36-39,44,46,48,53,57,60H,6-7,12-13,15,17-26,28-30H2,1-5H3,(H,49,59)(H,54,58)/t36-,37-,38-,39+,44-,46?/m1/s1. The molecular formula is C47H71N9O8S. The van der Waals surface area contributed by atoms with Gasteiger partial charge in [0, 0.05) is 56.0 Å². The van der Waals surface area contributed by atoms with Crippen molar-refractivity contribution in [3.8, 4) is 10.4 Å². The minimum Gasteiger partial charge on any atom is -0.392 e. The van der Waals surface area contributed by atoms with E-state index < -0.39 is 24.4 Å². The molecule has 1 saturated heterocycles. The number of fused-ring (bicyclic) bond motifs is 1. The molecule has 3 aromatic heterocycles. The minimum atomic E-state index is -1.01.